The van der Waals surface area contributed by atoms with Gasteiger partial charge in [-0.3, -0.25) is 0 Å². The molecule has 0 fully saturated rings. The summed E-state index contributed by atoms with van der Waals surface area (Å²) in [5, 5.41) is 10.4. The van der Waals surface area contributed by atoms with Crippen LogP contribution < -0.4 is 0 Å². The SMILES string of the molecule is CCCc1cccc(C(O)CC(C)c2ccccc2)c1. The first-order valence-electron chi connectivity index (χ1n) is 7.52. The van der Waals surface area contributed by atoms with Gasteiger partial charge in [-0.15, -0.1) is 0 Å². The molecule has 0 saturated carbocycles. The van der Waals surface area contributed by atoms with Gasteiger partial charge in [0.05, 0.1) is 6.10 Å². The number of hydrogen-bond acceptors (Lipinski definition) is 1. The Morgan fingerprint density at radius 1 is 0.950 bits per heavy atom. The van der Waals surface area contributed by atoms with Crippen molar-refractivity contribution in [2.24, 2.45) is 0 Å². The maximum atomic E-state index is 10.4. The zero-order valence-corrected chi connectivity index (χ0v) is 12.4. The first-order valence-corrected chi connectivity index (χ1v) is 7.52. The number of aliphatic hydroxyl groups is 1. The third-order valence-electron chi connectivity index (χ3n) is 3.82. The second-order valence-electron chi connectivity index (χ2n) is 5.56. The van der Waals surface area contributed by atoms with Gasteiger partial charge >= 0.3 is 0 Å². The molecule has 2 rings (SSSR count). The Hall–Kier alpha value is -1.60. The van der Waals surface area contributed by atoms with E-state index in [1.165, 1.54) is 11.1 Å². The van der Waals surface area contributed by atoms with Crippen molar-refractivity contribution >= 4 is 0 Å². The molecule has 0 spiro atoms. The van der Waals surface area contributed by atoms with Gasteiger partial charge in [0, 0.05) is 0 Å². The molecule has 2 unspecified atom stereocenters. The van der Waals surface area contributed by atoms with Crippen LogP contribution >= 0.6 is 0 Å². The van der Waals surface area contributed by atoms with E-state index in [0.29, 0.717) is 5.92 Å². The lowest BCUT2D eigenvalue weighted by Crippen LogP contribution is -2.04. The number of benzene rings is 2. The van der Waals surface area contributed by atoms with Gasteiger partial charge in [0.2, 0.25) is 0 Å². The Kier molecular flexibility index (Phi) is 5.37. The van der Waals surface area contributed by atoms with E-state index in [1.54, 1.807) is 0 Å². The van der Waals surface area contributed by atoms with Crippen LogP contribution in [0, 0.1) is 0 Å². The van der Waals surface area contributed by atoms with E-state index in [0.717, 1.165) is 24.8 Å². The molecular weight excluding hydrogens is 244 g/mol. The van der Waals surface area contributed by atoms with E-state index >= 15 is 0 Å². The quantitative estimate of drug-likeness (QED) is 0.792. The summed E-state index contributed by atoms with van der Waals surface area (Å²) in [4.78, 5) is 0. The van der Waals surface area contributed by atoms with Crippen LogP contribution in [0.25, 0.3) is 0 Å². The van der Waals surface area contributed by atoms with Crippen LogP contribution in [0.1, 0.15) is 55.4 Å². The van der Waals surface area contributed by atoms with Gasteiger partial charge in [-0.05, 0) is 35.4 Å². The largest absolute Gasteiger partial charge is 0.388 e. The molecule has 0 saturated heterocycles. The van der Waals surface area contributed by atoms with E-state index in [2.05, 4.69) is 56.3 Å². The molecule has 106 valence electrons. The standard InChI is InChI=1S/C19H24O/c1-3-8-16-9-7-12-18(14-16)19(20)13-15(2)17-10-5-4-6-11-17/h4-7,9-12,14-15,19-20H,3,8,13H2,1-2H3. The summed E-state index contributed by atoms with van der Waals surface area (Å²) in [5.74, 6) is 0.362. The molecule has 1 N–H and O–H groups in total. The third kappa shape index (κ3) is 3.94. The van der Waals surface area contributed by atoms with E-state index in [4.69, 9.17) is 0 Å². The number of aliphatic hydroxyl groups excluding tert-OH is 1. The van der Waals surface area contributed by atoms with Crippen molar-refractivity contribution < 1.29 is 5.11 Å². The van der Waals surface area contributed by atoms with Crippen molar-refractivity contribution in [3.63, 3.8) is 0 Å². The summed E-state index contributed by atoms with van der Waals surface area (Å²) in [6.45, 7) is 4.36. The van der Waals surface area contributed by atoms with Gasteiger partial charge in [0.25, 0.3) is 0 Å². The summed E-state index contributed by atoms with van der Waals surface area (Å²) in [7, 11) is 0. The lowest BCUT2D eigenvalue weighted by atomic mass is 9.91. The number of rotatable bonds is 6. The topological polar surface area (TPSA) is 20.2 Å². The van der Waals surface area contributed by atoms with Gasteiger partial charge in [-0.1, -0.05) is 74.9 Å². The van der Waals surface area contributed by atoms with Gasteiger partial charge in [0.1, 0.15) is 0 Å². The highest BCUT2D eigenvalue weighted by Crippen LogP contribution is 2.28. The molecule has 1 heteroatoms. The molecule has 0 radical (unpaired) electrons. The van der Waals surface area contributed by atoms with Crippen LogP contribution in [0.4, 0.5) is 0 Å². The predicted octanol–water partition coefficient (Wildman–Crippen LogP) is 4.87. The van der Waals surface area contributed by atoms with Gasteiger partial charge in [0.15, 0.2) is 0 Å². The fourth-order valence-corrected chi connectivity index (χ4v) is 2.63. The van der Waals surface area contributed by atoms with Crippen LogP contribution in [0.2, 0.25) is 0 Å². The van der Waals surface area contributed by atoms with Crippen LogP contribution in [0.3, 0.4) is 0 Å². The highest BCUT2D eigenvalue weighted by molar-refractivity contribution is 5.26. The van der Waals surface area contributed by atoms with Crippen molar-refractivity contribution in [2.45, 2.75) is 45.1 Å². The van der Waals surface area contributed by atoms with Crippen molar-refractivity contribution in [2.75, 3.05) is 0 Å². The molecule has 0 aromatic heterocycles. The minimum atomic E-state index is -0.387. The molecule has 0 bridgehead atoms. The molecule has 0 aliphatic rings. The van der Waals surface area contributed by atoms with Gasteiger partial charge < -0.3 is 5.11 Å². The molecule has 2 aromatic carbocycles. The van der Waals surface area contributed by atoms with E-state index in [9.17, 15) is 5.11 Å². The second kappa shape index (κ2) is 7.25. The highest BCUT2D eigenvalue weighted by atomic mass is 16.3. The average molecular weight is 268 g/mol. The Morgan fingerprint density at radius 3 is 2.35 bits per heavy atom. The molecule has 0 amide bonds. The van der Waals surface area contributed by atoms with Gasteiger partial charge in [-0.25, -0.2) is 0 Å². The minimum absolute atomic E-state index is 0.362. The number of aryl methyl sites for hydroxylation is 1. The maximum Gasteiger partial charge on any atom is 0.0795 e. The summed E-state index contributed by atoms with van der Waals surface area (Å²) in [5.41, 5.74) is 3.64. The molecule has 20 heavy (non-hydrogen) atoms. The molecule has 2 atom stereocenters. The lowest BCUT2D eigenvalue weighted by Gasteiger charge is -2.18. The van der Waals surface area contributed by atoms with Crippen molar-refractivity contribution in [3.05, 3.63) is 71.3 Å². The summed E-state index contributed by atoms with van der Waals surface area (Å²) in [6, 6.07) is 18.8. The molecule has 0 aliphatic heterocycles. The first-order chi connectivity index (χ1) is 9.70. The highest BCUT2D eigenvalue weighted by Gasteiger charge is 2.14. The number of hydrogen-bond donors (Lipinski definition) is 1. The van der Waals surface area contributed by atoms with Crippen molar-refractivity contribution in [1.82, 2.24) is 0 Å². The van der Waals surface area contributed by atoms with Crippen molar-refractivity contribution in [3.8, 4) is 0 Å². The van der Waals surface area contributed by atoms with E-state index < -0.39 is 0 Å². The first kappa shape index (κ1) is 14.8. The minimum Gasteiger partial charge on any atom is -0.388 e. The van der Waals surface area contributed by atoms with E-state index in [-0.39, 0.29) is 6.10 Å². The van der Waals surface area contributed by atoms with Gasteiger partial charge in [-0.2, -0.15) is 0 Å². The third-order valence-corrected chi connectivity index (χ3v) is 3.82. The van der Waals surface area contributed by atoms with Crippen LogP contribution in [-0.2, 0) is 6.42 Å². The molecular formula is C19H24O. The zero-order chi connectivity index (χ0) is 14.4. The van der Waals surface area contributed by atoms with Crippen LogP contribution in [0.5, 0.6) is 0 Å². The smallest absolute Gasteiger partial charge is 0.0795 e. The monoisotopic (exact) mass is 268 g/mol. The molecule has 0 heterocycles. The fourth-order valence-electron chi connectivity index (χ4n) is 2.63. The Labute approximate surface area is 122 Å². The fraction of sp³-hybridized carbons (Fsp3) is 0.368. The second-order valence-corrected chi connectivity index (χ2v) is 5.56. The van der Waals surface area contributed by atoms with Crippen LogP contribution in [0.15, 0.2) is 54.6 Å². The normalized spacial score (nSPS) is 13.9. The van der Waals surface area contributed by atoms with Crippen molar-refractivity contribution in [1.29, 1.82) is 0 Å². The average Bonchev–Trinajstić information content (AvgIpc) is 2.48. The Bertz CT molecular complexity index is 518. The Morgan fingerprint density at radius 2 is 1.65 bits per heavy atom. The molecule has 0 aliphatic carbocycles. The van der Waals surface area contributed by atoms with E-state index in [1.807, 2.05) is 12.1 Å². The maximum absolute atomic E-state index is 10.4. The predicted molar refractivity (Wildman–Crippen MR) is 84.9 cm³/mol. The Balaban J connectivity index is 2.04. The molecule has 2 aromatic rings. The zero-order valence-electron chi connectivity index (χ0n) is 12.4. The van der Waals surface area contributed by atoms with Crippen LogP contribution in [-0.4, -0.2) is 5.11 Å². The summed E-state index contributed by atoms with van der Waals surface area (Å²) >= 11 is 0. The summed E-state index contributed by atoms with van der Waals surface area (Å²) in [6.07, 6.45) is 2.59. The lowest BCUT2D eigenvalue weighted by molar-refractivity contribution is 0.159. The molecule has 1 nitrogen and oxygen atoms in total. The summed E-state index contributed by atoms with van der Waals surface area (Å²) < 4.78 is 0.